The maximum absolute atomic E-state index is 12.6. The van der Waals surface area contributed by atoms with Crippen LogP contribution in [0.25, 0.3) is 0 Å². The van der Waals surface area contributed by atoms with Gasteiger partial charge in [-0.25, -0.2) is 0 Å². The van der Waals surface area contributed by atoms with Gasteiger partial charge in [0.05, 0.1) is 0 Å². The van der Waals surface area contributed by atoms with Crippen LogP contribution in [0.15, 0.2) is 72.8 Å². The molecule has 0 saturated heterocycles. The molecule has 0 bridgehead atoms. The Morgan fingerprint density at radius 2 is 1.25 bits per heavy atom. The van der Waals surface area contributed by atoms with Gasteiger partial charge in [-0.2, -0.15) is 0 Å². The smallest absolute Gasteiger partial charge is 0.255 e. The van der Waals surface area contributed by atoms with Crippen LogP contribution in [0.3, 0.4) is 0 Å². The zero-order chi connectivity index (χ0) is 23.3. The minimum absolute atomic E-state index is 0.110. The highest BCUT2D eigenvalue weighted by molar-refractivity contribution is 6.05. The highest BCUT2D eigenvalue weighted by atomic mass is 16.5. The molecule has 4 N–H and O–H groups in total. The molecule has 32 heavy (non-hydrogen) atoms. The first-order chi connectivity index (χ1) is 15.1. The van der Waals surface area contributed by atoms with E-state index in [1.165, 1.54) is 0 Å². The van der Waals surface area contributed by atoms with Crippen LogP contribution >= 0.6 is 0 Å². The Morgan fingerprint density at radius 3 is 1.75 bits per heavy atom. The van der Waals surface area contributed by atoms with Gasteiger partial charge in [0.25, 0.3) is 5.91 Å². The average Bonchev–Trinajstić information content (AvgIpc) is 2.74. The number of rotatable bonds is 6. The van der Waals surface area contributed by atoms with Crippen molar-refractivity contribution in [3.8, 4) is 11.5 Å². The fourth-order valence-electron chi connectivity index (χ4n) is 2.69. The number of nitrogens with one attached hydrogen (secondary N) is 2. The maximum atomic E-state index is 12.6. The van der Waals surface area contributed by atoms with Gasteiger partial charge < -0.3 is 21.1 Å². The average molecular weight is 431 g/mol. The minimum Gasteiger partial charge on any atom is -0.457 e. The Kier molecular flexibility index (Phi) is 6.59. The predicted molar refractivity (Wildman–Crippen MR) is 124 cm³/mol. The van der Waals surface area contributed by atoms with E-state index < -0.39 is 11.3 Å². The Morgan fingerprint density at radius 1 is 0.750 bits per heavy atom. The molecule has 0 spiro atoms. The number of primary amides is 1. The zero-order valence-electron chi connectivity index (χ0n) is 18.1. The maximum Gasteiger partial charge on any atom is 0.255 e. The van der Waals surface area contributed by atoms with Gasteiger partial charge >= 0.3 is 0 Å². The summed E-state index contributed by atoms with van der Waals surface area (Å²) in [4.78, 5) is 35.9. The number of carbonyl (C=O) groups excluding carboxylic acids is 3. The van der Waals surface area contributed by atoms with Crippen LogP contribution in [0.1, 0.15) is 41.5 Å². The molecule has 0 heterocycles. The van der Waals surface area contributed by atoms with E-state index in [-0.39, 0.29) is 11.8 Å². The van der Waals surface area contributed by atoms with Crippen molar-refractivity contribution in [1.29, 1.82) is 0 Å². The van der Waals surface area contributed by atoms with E-state index in [0.717, 1.165) is 0 Å². The molecule has 0 aliphatic heterocycles. The summed E-state index contributed by atoms with van der Waals surface area (Å²) in [5.74, 6) is 0.179. The molecule has 7 nitrogen and oxygen atoms in total. The second-order valence-corrected chi connectivity index (χ2v) is 8.25. The largest absolute Gasteiger partial charge is 0.457 e. The highest BCUT2D eigenvalue weighted by Crippen LogP contribution is 2.23. The van der Waals surface area contributed by atoms with Crippen molar-refractivity contribution in [1.82, 2.24) is 0 Å². The second kappa shape index (κ2) is 9.34. The lowest BCUT2D eigenvalue weighted by Gasteiger charge is -2.18. The molecule has 3 aromatic carbocycles. The molecule has 3 rings (SSSR count). The molecule has 0 fully saturated rings. The molecule has 3 amide bonds. The number of anilines is 2. The third kappa shape index (κ3) is 5.95. The monoisotopic (exact) mass is 431 g/mol. The topological polar surface area (TPSA) is 111 Å². The van der Waals surface area contributed by atoms with Crippen molar-refractivity contribution >= 4 is 29.1 Å². The lowest BCUT2D eigenvalue weighted by Crippen LogP contribution is -2.27. The number of hydrogen-bond donors (Lipinski definition) is 3. The SMILES string of the molecule is CC(C)(C)C(=O)Nc1cccc(NC(=O)c2ccc(Oc3ccc(C(N)=O)cc3)cc2)c1. The van der Waals surface area contributed by atoms with Crippen molar-refractivity contribution in [3.63, 3.8) is 0 Å². The summed E-state index contributed by atoms with van der Waals surface area (Å²) in [5.41, 5.74) is 6.72. The van der Waals surface area contributed by atoms with Crippen LogP contribution in [-0.2, 0) is 4.79 Å². The van der Waals surface area contributed by atoms with Gasteiger partial charge in [0.15, 0.2) is 0 Å². The number of ether oxygens (including phenoxy) is 1. The molecular weight excluding hydrogens is 406 g/mol. The molecule has 0 aromatic heterocycles. The summed E-state index contributed by atoms with van der Waals surface area (Å²) in [5, 5.41) is 5.66. The number of amides is 3. The first-order valence-electron chi connectivity index (χ1n) is 10.0. The lowest BCUT2D eigenvalue weighted by atomic mass is 9.95. The van der Waals surface area contributed by atoms with Crippen LogP contribution in [-0.4, -0.2) is 17.7 Å². The highest BCUT2D eigenvalue weighted by Gasteiger charge is 2.21. The Labute approximate surface area is 186 Å². The van der Waals surface area contributed by atoms with Gasteiger partial charge in [-0.05, 0) is 66.7 Å². The van der Waals surface area contributed by atoms with Crippen LogP contribution < -0.4 is 21.1 Å². The lowest BCUT2D eigenvalue weighted by molar-refractivity contribution is -0.123. The van der Waals surface area contributed by atoms with E-state index >= 15 is 0 Å². The first-order valence-corrected chi connectivity index (χ1v) is 10.0. The van der Waals surface area contributed by atoms with Crippen LogP contribution in [0.4, 0.5) is 11.4 Å². The van der Waals surface area contributed by atoms with E-state index in [4.69, 9.17) is 10.5 Å². The molecule has 0 saturated carbocycles. The molecule has 0 unspecified atom stereocenters. The van der Waals surface area contributed by atoms with Gasteiger partial charge in [0.1, 0.15) is 11.5 Å². The van der Waals surface area contributed by atoms with E-state index in [0.29, 0.717) is 34.0 Å². The Balaban J connectivity index is 1.63. The van der Waals surface area contributed by atoms with Gasteiger partial charge in [-0.15, -0.1) is 0 Å². The molecule has 0 radical (unpaired) electrons. The van der Waals surface area contributed by atoms with Crippen LogP contribution in [0.2, 0.25) is 0 Å². The van der Waals surface area contributed by atoms with Gasteiger partial charge in [-0.3, -0.25) is 14.4 Å². The minimum atomic E-state index is -0.521. The standard InChI is InChI=1S/C25H25N3O4/c1-25(2,3)24(31)28-19-6-4-5-18(15-19)27-23(30)17-9-13-21(14-10-17)32-20-11-7-16(8-12-20)22(26)29/h4-15H,1-3H3,(H2,26,29)(H,27,30)(H,28,31). The van der Waals surface area contributed by atoms with Crippen molar-refractivity contribution in [2.75, 3.05) is 10.6 Å². The molecule has 164 valence electrons. The van der Waals surface area contributed by atoms with Crippen molar-refractivity contribution in [2.24, 2.45) is 11.1 Å². The number of nitrogens with two attached hydrogens (primary N) is 1. The molecule has 7 heteroatoms. The van der Waals surface area contributed by atoms with E-state index in [2.05, 4.69) is 10.6 Å². The molecular formula is C25H25N3O4. The fourth-order valence-corrected chi connectivity index (χ4v) is 2.69. The van der Waals surface area contributed by atoms with Crippen molar-refractivity contribution < 1.29 is 19.1 Å². The molecule has 0 aliphatic carbocycles. The van der Waals surface area contributed by atoms with E-state index in [1.54, 1.807) is 72.8 Å². The van der Waals surface area contributed by atoms with Crippen molar-refractivity contribution in [3.05, 3.63) is 83.9 Å². The van der Waals surface area contributed by atoms with Crippen LogP contribution in [0.5, 0.6) is 11.5 Å². The van der Waals surface area contributed by atoms with Crippen LogP contribution in [0, 0.1) is 5.41 Å². The summed E-state index contributed by atoms with van der Waals surface area (Å²) in [6, 6.07) is 20.1. The molecule has 0 atom stereocenters. The quantitative estimate of drug-likeness (QED) is 0.520. The Bertz CT molecular complexity index is 1130. The predicted octanol–water partition coefficient (Wildman–Crippen LogP) is 4.81. The number of benzene rings is 3. The number of hydrogen-bond acceptors (Lipinski definition) is 4. The van der Waals surface area contributed by atoms with Gasteiger partial charge in [0, 0.05) is 27.9 Å². The first kappa shape index (κ1) is 22.6. The second-order valence-electron chi connectivity index (χ2n) is 8.25. The zero-order valence-corrected chi connectivity index (χ0v) is 18.1. The molecule has 0 aliphatic rings. The summed E-state index contributed by atoms with van der Waals surface area (Å²) in [7, 11) is 0. The number of carbonyl (C=O) groups is 3. The molecule has 3 aromatic rings. The van der Waals surface area contributed by atoms with E-state index in [9.17, 15) is 14.4 Å². The third-order valence-corrected chi connectivity index (χ3v) is 4.55. The summed E-state index contributed by atoms with van der Waals surface area (Å²) < 4.78 is 5.72. The summed E-state index contributed by atoms with van der Waals surface area (Å²) in [6.45, 7) is 5.49. The van der Waals surface area contributed by atoms with Gasteiger partial charge in [-0.1, -0.05) is 26.8 Å². The summed E-state index contributed by atoms with van der Waals surface area (Å²) >= 11 is 0. The van der Waals surface area contributed by atoms with Crippen molar-refractivity contribution in [2.45, 2.75) is 20.8 Å². The summed E-state index contributed by atoms with van der Waals surface area (Å²) in [6.07, 6.45) is 0. The normalized spacial score (nSPS) is 10.8. The van der Waals surface area contributed by atoms with E-state index in [1.807, 2.05) is 20.8 Å². The third-order valence-electron chi connectivity index (χ3n) is 4.55. The Hall–Kier alpha value is -4.13. The fraction of sp³-hybridized carbons (Fsp3) is 0.160. The van der Waals surface area contributed by atoms with Gasteiger partial charge in [0.2, 0.25) is 11.8 Å².